The van der Waals surface area contributed by atoms with Crippen molar-refractivity contribution < 1.29 is 9.47 Å². The van der Waals surface area contributed by atoms with Gasteiger partial charge in [-0.25, -0.2) is 9.48 Å². The molecule has 2 heterocycles. The lowest BCUT2D eigenvalue weighted by molar-refractivity contribution is 0.171. The number of halogens is 1. The second kappa shape index (κ2) is 5.35. The summed E-state index contributed by atoms with van der Waals surface area (Å²) in [6, 6.07) is 3.64. The van der Waals surface area contributed by atoms with E-state index in [2.05, 4.69) is 5.10 Å². The monoisotopic (exact) mass is 323 g/mol. The summed E-state index contributed by atoms with van der Waals surface area (Å²) < 4.78 is 14.1. The summed E-state index contributed by atoms with van der Waals surface area (Å²) in [6.07, 6.45) is 1.54. The summed E-state index contributed by atoms with van der Waals surface area (Å²) >= 11 is 6.22. The minimum Gasteiger partial charge on any atom is -0.486 e. The van der Waals surface area contributed by atoms with Crippen LogP contribution in [0.2, 0.25) is 5.02 Å². The van der Waals surface area contributed by atoms with Gasteiger partial charge in [0.05, 0.1) is 17.1 Å². The molecule has 2 aromatic rings. The molecule has 1 aliphatic rings. The highest BCUT2D eigenvalue weighted by Gasteiger charge is 2.20. The van der Waals surface area contributed by atoms with Crippen molar-refractivity contribution in [3.63, 3.8) is 0 Å². The van der Waals surface area contributed by atoms with Gasteiger partial charge < -0.3 is 9.47 Å². The Morgan fingerprint density at radius 1 is 1.27 bits per heavy atom. The van der Waals surface area contributed by atoms with Crippen molar-refractivity contribution in [3.05, 3.63) is 39.5 Å². The minimum absolute atomic E-state index is 0.154. The first-order chi connectivity index (χ1) is 10.4. The van der Waals surface area contributed by atoms with Crippen LogP contribution in [0, 0.1) is 0 Å². The third kappa shape index (κ3) is 2.70. The van der Waals surface area contributed by atoms with E-state index in [1.54, 1.807) is 10.6 Å². The number of rotatable bonds is 2. The van der Waals surface area contributed by atoms with Crippen LogP contribution in [-0.2, 0) is 12.1 Å². The van der Waals surface area contributed by atoms with Gasteiger partial charge in [-0.05, 0) is 38.5 Å². The molecule has 22 heavy (non-hydrogen) atoms. The molecule has 0 saturated heterocycles. The molecule has 0 spiro atoms. The largest absolute Gasteiger partial charge is 0.486 e. The summed E-state index contributed by atoms with van der Waals surface area (Å²) in [4.78, 5) is 12.4. The molecule has 1 aromatic heterocycles. The highest BCUT2D eigenvalue weighted by Crippen LogP contribution is 2.38. The molecule has 0 amide bonds. The molecule has 0 saturated carbocycles. The van der Waals surface area contributed by atoms with E-state index in [9.17, 15) is 4.79 Å². The first-order valence-corrected chi connectivity index (χ1v) is 7.47. The Hall–Kier alpha value is -1.95. The SMILES string of the molecule is CC(C)(C)n1ncn(Cc2cc(Cl)c3c(c2)OCCO3)c1=O. The fourth-order valence-corrected chi connectivity index (χ4v) is 2.64. The molecule has 0 bridgehead atoms. The molecule has 118 valence electrons. The fraction of sp³-hybridized carbons (Fsp3) is 0.467. The molecule has 1 aromatic carbocycles. The molecular weight excluding hydrogens is 306 g/mol. The van der Waals surface area contributed by atoms with Crippen LogP contribution in [0.4, 0.5) is 0 Å². The number of fused-ring (bicyclic) bond motifs is 1. The molecule has 1 aliphatic heterocycles. The van der Waals surface area contributed by atoms with Crippen molar-refractivity contribution in [2.75, 3.05) is 13.2 Å². The maximum atomic E-state index is 12.4. The van der Waals surface area contributed by atoms with Gasteiger partial charge in [-0.15, -0.1) is 0 Å². The lowest BCUT2D eigenvalue weighted by atomic mass is 10.1. The quantitative estimate of drug-likeness (QED) is 0.850. The number of ether oxygens (including phenoxy) is 2. The number of benzene rings is 1. The maximum Gasteiger partial charge on any atom is 0.346 e. The first-order valence-electron chi connectivity index (χ1n) is 7.09. The van der Waals surface area contributed by atoms with Crippen molar-refractivity contribution in [1.82, 2.24) is 14.3 Å². The van der Waals surface area contributed by atoms with Crippen LogP contribution in [0.15, 0.2) is 23.3 Å². The third-order valence-electron chi connectivity index (χ3n) is 3.38. The Morgan fingerprint density at radius 2 is 2.00 bits per heavy atom. The van der Waals surface area contributed by atoms with Crippen molar-refractivity contribution in [2.24, 2.45) is 0 Å². The zero-order valence-corrected chi connectivity index (χ0v) is 13.6. The van der Waals surface area contributed by atoms with Crippen LogP contribution in [0.1, 0.15) is 26.3 Å². The van der Waals surface area contributed by atoms with Gasteiger partial charge >= 0.3 is 5.69 Å². The van der Waals surface area contributed by atoms with Crippen molar-refractivity contribution in [1.29, 1.82) is 0 Å². The highest BCUT2D eigenvalue weighted by molar-refractivity contribution is 6.32. The summed E-state index contributed by atoms with van der Waals surface area (Å²) in [5.41, 5.74) is 0.357. The van der Waals surface area contributed by atoms with E-state index >= 15 is 0 Å². The van der Waals surface area contributed by atoms with Gasteiger partial charge in [-0.2, -0.15) is 5.10 Å². The average molecular weight is 324 g/mol. The Labute approximate surface area is 133 Å². The van der Waals surface area contributed by atoms with Crippen LogP contribution in [0.3, 0.4) is 0 Å². The third-order valence-corrected chi connectivity index (χ3v) is 3.66. The second-order valence-corrected chi connectivity index (χ2v) is 6.63. The Morgan fingerprint density at radius 3 is 2.68 bits per heavy atom. The standard InChI is InChI=1S/C15H18ClN3O3/c1-15(2,3)19-14(20)18(9-17-19)8-10-6-11(16)13-12(7-10)21-4-5-22-13/h6-7,9H,4-5,8H2,1-3H3. The van der Waals surface area contributed by atoms with E-state index in [-0.39, 0.29) is 11.2 Å². The van der Waals surface area contributed by atoms with Gasteiger partial charge in [0.25, 0.3) is 0 Å². The molecule has 0 atom stereocenters. The molecule has 0 unspecified atom stereocenters. The van der Waals surface area contributed by atoms with Gasteiger partial charge in [0.2, 0.25) is 0 Å². The number of hydrogen-bond donors (Lipinski definition) is 0. The highest BCUT2D eigenvalue weighted by atomic mass is 35.5. The molecule has 7 heteroatoms. The first kappa shape index (κ1) is 15.0. The zero-order valence-electron chi connectivity index (χ0n) is 12.8. The smallest absolute Gasteiger partial charge is 0.346 e. The molecule has 3 rings (SSSR count). The predicted molar refractivity (Wildman–Crippen MR) is 83.0 cm³/mol. The van der Waals surface area contributed by atoms with Gasteiger partial charge in [0, 0.05) is 0 Å². The molecule has 0 N–H and O–H groups in total. The lowest BCUT2D eigenvalue weighted by Crippen LogP contribution is -2.35. The van der Waals surface area contributed by atoms with Gasteiger partial charge in [0.15, 0.2) is 11.5 Å². The van der Waals surface area contributed by atoms with E-state index in [0.29, 0.717) is 36.3 Å². The van der Waals surface area contributed by atoms with Crippen LogP contribution in [0.25, 0.3) is 0 Å². The van der Waals surface area contributed by atoms with E-state index < -0.39 is 0 Å². The Balaban J connectivity index is 1.93. The minimum atomic E-state index is -0.354. The fourth-order valence-electron chi connectivity index (χ4n) is 2.36. The van der Waals surface area contributed by atoms with Crippen LogP contribution < -0.4 is 15.2 Å². The summed E-state index contributed by atoms with van der Waals surface area (Å²) in [5.74, 6) is 1.18. The lowest BCUT2D eigenvalue weighted by Gasteiger charge is -2.20. The predicted octanol–water partition coefficient (Wildman–Crippen LogP) is 2.27. The van der Waals surface area contributed by atoms with Crippen molar-refractivity contribution in [2.45, 2.75) is 32.9 Å². The van der Waals surface area contributed by atoms with E-state index in [0.717, 1.165) is 5.56 Å². The summed E-state index contributed by atoms with van der Waals surface area (Å²) in [7, 11) is 0. The van der Waals surface area contributed by atoms with Crippen LogP contribution in [-0.4, -0.2) is 27.6 Å². The van der Waals surface area contributed by atoms with Crippen molar-refractivity contribution >= 4 is 11.6 Å². The van der Waals surface area contributed by atoms with E-state index in [1.807, 2.05) is 26.8 Å². The normalized spacial score (nSPS) is 14.2. The van der Waals surface area contributed by atoms with Crippen molar-refractivity contribution in [3.8, 4) is 11.5 Å². The maximum absolute atomic E-state index is 12.4. The van der Waals surface area contributed by atoms with E-state index in [4.69, 9.17) is 21.1 Å². The Kier molecular flexibility index (Phi) is 3.64. The second-order valence-electron chi connectivity index (χ2n) is 6.23. The zero-order chi connectivity index (χ0) is 15.9. The van der Waals surface area contributed by atoms with Crippen LogP contribution >= 0.6 is 11.6 Å². The van der Waals surface area contributed by atoms with E-state index in [1.165, 1.54) is 11.0 Å². The number of hydrogen-bond acceptors (Lipinski definition) is 4. The number of aromatic nitrogens is 3. The average Bonchev–Trinajstić information content (AvgIpc) is 2.80. The molecule has 6 nitrogen and oxygen atoms in total. The summed E-state index contributed by atoms with van der Waals surface area (Å²) in [6.45, 7) is 7.18. The van der Waals surface area contributed by atoms with Crippen LogP contribution in [0.5, 0.6) is 11.5 Å². The Bertz CT molecular complexity index is 758. The molecule has 0 aliphatic carbocycles. The summed E-state index contributed by atoms with van der Waals surface area (Å²) in [5, 5.41) is 4.66. The topological polar surface area (TPSA) is 58.3 Å². The molecular formula is C15H18ClN3O3. The molecule has 0 radical (unpaired) electrons. The molecule has 0 fully saturated rings. The van der Waals surface area contributed by atoms with Gasteiger partial charge in [-0.3, -0.25) is 4.57 Å². The van der Waals surface area contributed by atoms with Gasteiger partial charge in [-0.1, -0.05) is 11.6 Å². The van der Waals surface area contributed by atoms with Gasteiger partial charge in [0.1, 0.15) is 19.5 Å². The number of nitrogens with zero attached hydrogens (tertiary/aromatic N) is 3.